The second-order valence-electron chi connectivity index (χ2n) is 3.15. The van der Waals surface area contributed by atoms with E-state index in [1.54, 1.807) is 6.08 Å². The molecule has 1 aliphatic rings. The number of carbonyl (C=O) groups is 1. The third-order valence-corrected chi connectivity index (χ3v) is 2.03. The first-order chi connectivity index (χ1) is 5.54. The van der Waals surface area contributed by atoms with Crippen molar-refractivity contribution in [1.29, 1.82) is 0 Å². The van der Waals surface area contributed by atoms with Crippen molar-refractivity contribution in [3.05, 3.63) is 24.3 Å². The molecule has 0 heterocycles. The Hall–Kier alpha value is -1.09. The summed E-state index contributed by atoms with van der Waals surface area (Å²) in [5.41, 5.74) is 5.23. The fourth-order valence-electron chi connectivity index (χ4n) is 1.22. The monoisotopic (exact) mass is 166 g/mol. The van der Waals surface area contributed by atoms with Gasteiger partial charge in [-0.15, -0.1) is 0 Å². The fraction of sp³-hybridized carbons (Fsp3) is 0.444. The lowest BCUT2D eigenvalue weighted by molar-refractivity contribution is -0.120. The van der Waals surface area contributed by atoms with Crippen LogP contribution in [0.4, 0.5) is 0 Å². The molecule has 1 aliphatic carbocycles. The maximum atomic E-state index is 10.8. The van der Waals surface area contributed by atoms with Gasteiger partial charge in [-0.3, -0.25) is 4.79 Å². The molecular weight excluding hydrogens is 152 g/mol. The van der Waals surface area contributed by atoms with Gasteiger partial charge in [-0.2, -0.15) is 0 Å². The third kappa shape index (κ3) is 1.74. The minimum atomic E-state index is -0.708. The summed E-state index contributed by atoms with van der Waals surface area (Å²) in [5.74, 6) is 0.0238. The van der Waals surface area contributed by atoms with Gasteiger partial charge in [0.2, 0.25) is 5.91 Å². The van der Waals surface area contributed by atoms with Gasteiger partial charge in [-0.25, -0.2) is 0 Å². The summed E-state index contributed by atoms with van der Waals surface area (Å²) in [5, 5.41) is 2.71. The van der Waals surface area contributed by atoms with E-state index >= 15 is 0 Å². The zero-order valence-electron chi connectivity index (χ0n) is 7.37. The number of carbonyl (C=O) groups excluding carboxylic acids is 1. The van der Waals surface area contributed by atoms with Crippen LogP contribution in [-0.2, 0) is 4.79 Å². The number of nitrogens with two attached hydrogens (primary N) is 1. The molecule has 3 nitrogen and oxygen atoms in total. The zero-order valence-corrected chi connectivity index (χ0v) is 7.37. The number of rotatable bonds is 1. The molecule has 0 aromatic rings. The molecule has 1 rings (SSSR count). The first-order valence-electron chi connectivity index (χ1n) is 3.98. The van der Waals surface area contributed by atoms with Crippen LogP contribution in [0.1, 0.15) is 13.8 Å². The lowest BCUT2D eigenvalue weighted by Crippen LogP contribution is -2.58. The van der Waals surface area contributed by atoms with Crippen molar-refractivity contribution < 1.29 is 4.79 Å². The minimum Gasteiger partial charge on any atom is -0.335 e. The van der Waals surface area contributed by atoms with Crippen molar-refractivity contribution in [2.75, 3.05) is 0 Å². The Morgan fingerprint density at radius 2 is 2.25 bits per heavy atom. The van der Waals surface area contributed by atoms with Crippen LogP contribution in [0, 0.1) is 5.92 Å². The van der Waals surface area contributed by atoms with E-state index in [1.165, 1.54) is 6.92 Å². The van der Waals surface area contributed by atoms with Crippen molar-refractivity contribution in [3.8, 4) is 0 Å². The fourth-order valence-corrected chi connectivity index (χ4v) is 1.22. The summed E-state index contributed by atoms with van der Waals surface area (Å²) < 4.78 is 0. The normalized spacial score (nSPS) is 33.4. The van der Waals surface area contributed by atoms with Crippen LogP contribution in [-0.4, -0.2) is 11.6 Å². The third-order valence-electron chi connectivity index (χ3n) is 2.03. The standard InChI is InChI=1S/C9H14N2O/c1-7-5-3-4-6-9(7,10)11-8(2)12/h3-7H,10H2,1-2H3,(H,11,12). The molecule has 1 amide bonds. The van der Waals surface area contributed by atoms with Gasteiger partial charge in [0.25, 0.3) is 0 Å². The van der Waals surface area contributed by atoms with Crippen LogP contribution in [0.25, 0.3) is 0 Å². The molecule has 2 unspecified atom stereocenters. The summed E-state index contributed by atoms with van der Waals surface area (Å²) in [6.07, 6.45) is 7.54. The maximum Gasteiger partial charge on any atom is 0.218 e. The summed E-state index contributed by atoms with van der Waals surface area (Å²) >= 11 is 0. The molecule has 12 heavy (non-hydrogen) atoms. The topological polar surface area (TPSA) is 55.1 Å². The van der Waals surface area contributed by atoms with E-state index in [-0.39, 0.29) is 11.8 Å². The van der Waals surface area contributed by atoms with Crippen molar-refractivity contribution >= 4 is 5.91 Å². The molecule has 0 aromatic heterocycles. The molecular formula is C9H14N2O. The van der Waals surface area contributed by atoms with Crippen LogP contribution in [0.15, 0.2) is 24.3 Å². The highest BCUT2D eigenvalue weighted by molar-refractivity contribution is 5.74. The lowest BCUT2D eigenvalue weighted by atomic mass is 9.90. The Labute approximate surface area is 72.3 Å². The quantitative estimate of drug-likeness (QED) is 0.558. The molecule has 0 bridgehead atoms. The first-order valence-corrected chi connectivity index (χ1v) is 3.98. The predicted octanol–water partition coefficient (Wildman–Crippen LogP) is 0.540. The highest BCUT2D eigenvalue weighted by Gasteiger charge is 2.29. The highest BCUT2D eigenvalue weighted by Crippen LogP contribution is 2.18. The van der Waals surface area contributed by atoms with E-state index in [4.69, 9.17) is 5.73 Å². The number of hydrogen-bond acceptors (Lipinski definition) is 2. The Kier molecular flexibility index (Phi) is 2.33. The van der Waals surface area contributed by atoms with Crippen LogP contribution in [0.3, 0.4) is 0 Å². The molecule has 0 radical (unpaired) electrons. The zero-order chi connectivity index (χ0) is 9.19. The molecule has 2 atom stereocenters. The van der Waals surface area contributed by atoms with Crippen molar-refractivity contribution in [1.82, 2.24) is 5.32 Å². The van der Waals surface area contributed by atoms with Crippen LogP contribution in [0.5, 0.6) is 0 Å². The Balaban J connectivity index is 2.76. The molecule has 0 aromatic carbocycles. The maximum absolute atomic E-state index is 10.8. The van der Waals surface area contributed by atoms with Gasteiger partial charge in [-0.05, 0) is 6.08 Å². The van der Waals surface area contributed by atoms with Gasteiger partial charge in [-0.1, -0.05) is 25.2 Å². The molecule has 0 spiro atoms. The first kappa shape index (κ1) is 9.00. The number of hydrogen-bond donors (Lipinski definition) is 2. The van der Waals surface area contributed by atoms with Crippen molar-refractivity contribution in [2.45, 2.75) is 19.5 Å². The van der Waals surface area contributed by atoms with E-state index in [0.717, 1.165) is 0 Å². The number of allylic oxidation sites excluding steroid dienone is 2. The summed E-state index contributed by atoms with van der Waals surface area (Å²) in [7, 11) is 0. The van der Waals surface area contributed by atoms with Gasteiger partial charge in [0.05, 0.1) is 0 Å². The van der Waals surface area contributed by atoms with E-state index in [9.17, 15) is 4.79 Å². The number of nitrogens with one attached hydrogen (secondary N) is 1. The lowest BCUT2D eigenvalue weighted by Gasteiger charge is -2.33. The Bertz CT molecular complexity index is 245. The minimum absolute atomic E-state index is 0.107. The van der Waals surface area contributed by atoms with Crippen LogP contribution in [0.2, 0.25) is 0 Å². The summed E-state index contributed by atoms with van der Waals surface area (Å²) in [6.45, 7) is 3.43. The SMILES string of the molecule is CC(=O)NC1(N)C=CC=CC1C. The predicted molar refractivity (Wildman–Crippen MR) is 48.2 cm³/mol. The molecule has 3 heteroatoms. The van der Waals surface area contributed by atoms with Crippen LogP contribution < -0.4 is 11.1 Å². The van der Waals surface area contributed by atoms with Gasteiger partial charge >= 0.3 is 0 Å². The second kappa shape index (κ2) is 3.11. The largest absolute Gasteiger partial charge is 0.335 e. The summed E-state index contributed by atoms with van der Waals surface area (Å²) in [4.78, 5) is 10.8. The molecule has 0 saturated carbocycles. The van der Waals surface area contributed by atoms with Gasteiger partial charge < -0.3 is 11.1 Å². The van der Waals surface area contributed by atoms with Crippen molar-refractivity contribution in [3.63, 3.8) is 0 Å². The van der Waals surface area contributed by atoms with Crippen molar-refractivity contribution in [2.24, 2.45) is 11.7 Å². The Morgan fingerprint density at radius 3 is 2.75 bits per heavy atom. The molecule has 0 aliphatic heterocycles. The average molecular weight is 166 g/mol. The number of amides is 1. The second-order valence-corrected chi connectivity index (χ2v) is 3.15. The molecule has 66 valence electrons. The van der Waals surface area contributed by atoms with E-state index in [1.807, 2.05) is 25.2 Å². The molecule has 3 N–H and O–H groups in total. The molecule has 0 fully saturated rings. The van der Waals surface area contributed by atoms with E-state index < -0.39 is 5.66 Å². The van der Waals surface area contributed by atoms with E-state index in [2.05, 4.69) is 5.32 Å². The smallest absolute Gasteiger partial charge is 0.218 e. The van der Waals surface area contributed by atoms with Gasteiger partial charge in [0.15, 0.2) is 0 Å². The summed E-state index contributed by atoms with van der Waals surface area (Å²) in [6, 6.07) is 0. The average Bonchev–Trinajstić information content (AvgIpc) is 1.94. The highest BCUT2D eigenvalue weighted by atomic mass is 16.1. The molecule has 0 saturated heterocycles. The Morgan fingerprint density at radius 1 is 1.58 bits per heavy atom. The van der Waals surface area contributed by atoms with E-state index in [0.29, 0.717) is 0 Å². The van der Waals surface area contributed by atoms with Crippen LogP contribution >= 0.6 is 0 Å². The van der Waals surface area contributed by atoms with Gasteiger partial charge in [0.1, 0.15) is 5.66 Å². The van der Waals surface area contributed by atoms with Gasteiger partial charge in [0, 0.05) is 12.8 Å².